The van der Waals surface area contributed by atoms with E-state index in [1.54, 1.807) is 17.0 Å². The molecule has 8 nitrogen and oxygen atoms in total. The minimum Gasteiger partial charge on any atom is -0.495 e. The van der Waals surface area contributed by atoms with Crippen molar-refractivity contribution in [2.45, 2.75) is 52.6 Å². The first-order valence-corrected chi connectivity index (χ1v) is 14.2. The van der Waals surface area contributed by atoms with E-state index in [4.69, 9.17) is 16.3 Å². The predicted octanol–water partition coefficient (Wildman–Crippen LogP) is 4.15. The molecule has 1 unspecified atom stereocenters. The fourth-order valence-electron chi connectivity index (χ4n) is 3.92. The van der Waals surface area contributed by atoms with Gasteiger partial charge in [-0.1, -0.05) is 48.4 Å². The molecule has 36 heavy (non-hydrogen) atoms. The van der Waals surface area contributed by atoms with Gasteiger partial charge in [0.25, 0.3) is 0 Å². The Morgan fingerprint density at radius 1 is 1.11 bits per heavy atom. The van der Waals surface area contributed by atoms with Gasteiger partial charge >= 0.3 is 0 Å². The number of benzene rings is 2. The Morgan fingerprint density at radius 3 is 2.31 bits per heavy atom. The van der Waals surface area contributed by atoms with Gasteiger partial charge in [-0.3, -0.25) is 13.9 Å². The normalized spacial score (nSPS) is 12.1. The maximum atomic E-state index is 13.4. The van der Waals surface area contributed by atoms with E-state index in [0.29, 0.717) is 30.9 Å². The first kappa shape index (κ1) is 29.5. The van der Waals surface area contributed by atoms with Crippen molar-refractivity contribution in [3.05, 3.63) is 58.6 Å². The summed E-state index contributed by atoms with van der Waals surface area (Å²) in [6.07, 6.45) is 1.92. The van der Waals surface area contributed by atoms with Crippen LogP contribution in [0.25, 0.3) is 0 Å². The second-order valence-electron chi connectivity index (χ2n) is 8.58. The fourth-order valence-corrected chi connectivity index (χ4v) is 5.13. The largest absolute Gasteiger partial charge is 0.495 e. The summed E-state index contributed by atoms with van der Waals surface area (Å²) < 4.78 is 31.4. The highest BCUT2D eigenvalue weighted by Crippen LogP contribution is 2.30. The smallest absolute Gasteiger partial charge is 0.242 e. The van der Waals surface area contributed by atoms with Gasteiger partial charge in [0.05, 0.1) is 24.1 Å². The third kappa shape index (κ3) is 8.13. The molecular formula is C26H36ClN3O5S. The summed E-state index contributed by atoms with van der Waals surface area (Å²) in [5.41, 5.74) is 2.41. The number of nitrogens with one attached hydrogen (secondary N) is 1. The van der Waals surface area contributed by atoms with E-state index in [0.717, 1.165) is 17.4 Å². The van der Waals surface area contributed by atoms with E-state index < -0.39 is 16.1 Å². The third-order valence-electron chi connectivity index (χ3n) is 5.79. The van der Waals surface area contributed by atoms with Crippen LogP contribution in [0.3, 0.4) is 0 Å². The number of methoxy groups -OCH3 is 1. The summed E-state index contributed by atoms with van der Waals surface area (Å²) in [4.78, 5) is 27.7. The van der Waals surface area contributed by atoms with Crippen LogP contribution in [0, 0.1) is 6.92 Å². The van der Waals surface area contributed by atoms with E-state index in [1.807, 2.05) is 45.0 Å². The van der Waals surface area contributed by atoms with E-state index in [9.17, 15) is 18.0 Å². The number of nitrogens with zero attached hydrogens (tertiary/aromatic N) is 2. The Hall–Kier alpha value is -2.78. The molecular weight excluding hydrogens is 502 g/mol. The summed E-state index contributed by atoms with van der Waals surface area (Å²) in [6.45, 7) is 6.54. The van der Waals surface area contributed by atoms with Crippen molar-refractivity contribution in [1.82, 2.24) is 10.2 Å². The molecule has 0 bridgehead atoms. The van der Waals surface area contributed by atoms with Crippen LogP contribution >= 0.6 is 11.6 Å². The molecule has 0 aliphatic rings. The van der Waals surface area contributed by atoms with Crippen molar-refractivity contribution in [3.63, 3.8) is 0 Å². The topological polar surface area (TPSA) is 96.0 Å². The number of hydrogen-bond acceptors (Lipinski definition) is 5. The molecule has 2 rings (SSSR count). The number of halogens is 1. The van der Waals surface area contributed by atoms with Crippen molar-refractivity contribution in [2.24, 2.45) is 0 Å². The van der Waals surface area contributed by atoms with E-state index in [1.165, 1.54) is 17.5 Å². The van der Waals surface area contributed by atoms with Crippen LogP contribution in [0.1, 0.15) is 44.2 Å². The maximum absolute atomic E-state index is 13.4. The highest BCUT2D eigenvalue weighted by molar-refractivity contribution is 7.92. The van der Waals surface area contributed by atoms with Gasteiger partial charge < -0.3 is 15.0 Å². The number of hydrogen-bond donors (Lipinski definition) is 1. The lowest BCUT2D eigenvalue weighted by molar-refractivity contribution is -0.141. The molecule has 1 N–H and O–H groups in total. The zero-order valence-corrected chi connectivity index (χ0v) is 23.2. The lowest BCUT2D eigenvalue weighted by Crippen LogP contribution is -2.49. The van der Waals surface area contributed by atoms with Crippen molar-refractivity contribution >= 4 is 39.1 Å². The standard InChI is InChI=1S/C26H36ClN3O5S/c1-6-23(26(32)28-7-2)29(18-20-12-10-19(3)11-13-20)25(31)9-8-16-30(36(5,33)34)21-14-15-24(35-4)22(27)17-21/h10-15,17,23H,6-9,16,18H2,1-5H3,(H,28,32). The first-order chi connectivity index (χ1) is 17.0. The van der Waals surface area contributed by atoms with Gasteiger partial charge in [-0.2, -0.15) is 0 Å². The Kier molecular flexibility index (Phi) is 11.0. The number of carbonyl (C=O) groups excluding carboxylic acids is 2. The molecule has 198 valence electrons. The molecule has 2 amide bonds. The summed E-state index contributed by atoms with van der Waals surface area (Å²) in [5, 5.41) is 3.10. The molecule has 0 saturated heterocycles. The number of sulfonamides is 1. The second kappa shape index (κ2) is 13.5. The second-order valence-corrected chi connectivity index (χ2v) is 10.9. The average Bonchev–Trinajstić information content (AvgIpc) is 2.82. The lowest BCUT2D eigenvalue weighted by Gasteiger charge is -2.31. The molecule has 2 aromatic rings. The summed E-state index contributed by atoms with van der Waals surface area (Å²) in [6, 6.07) is 11.9. The number of anilines is 1. The van der Waals surface area contributed by atoms with Crippen molar-refractivity contribution < 1.29 is 22.7 Å². The van der Waals surface area contributed by atoms with Crippen LogP contribution in [0.4, 0.5) is 5.69 Å². The van der Waals surface area contributed by atoms with E-state index in [-0.39, 0.29) is 36.2 Å². The van der Waals surface area contributed by atoms with Gasteiger partial charge in [-0.25, -0.2) is 8.42 Å². The molecule has 0 radical (unpaired) electrons. The lowest BCUT2D eigenvalue weighted by atomic mass is 10.1. The summed E-state index contributed by atoms with van der Waals surface area (Å²) in [5.74, 6) is 0.0211. The highest BCUT2D eigenvalue weighted by Gasteiger charge is 2.28. The first-order valence-electron chi connectivity index (χ1n) is 12.0. The third-order valence-corrected chi connectivity index (χ3v) is 7.28. The minimum absolute atomic E-state index is 0.0810. The highest BCUT2D eigenvalue weighted by atomic mass is 35.5. The van der Waals surface area contributed by atoms with Gasteiger partial charge in [0, 0.05) is 26.1 Å². The maximum Gasteiger partial charge on any atom is 0.242 e. The van der Waals surface area contributed by atoms with Crippen LogP contribution < -0.4 is 14.4 Å². The zero-order valence-electron chi connectivity index (χ0n) is 21.6. The minimum atomic E-state index is -3.62. The summed E-state index contributed by atoms with van der Waals surface area (Å²) >= 11 is 6.20. The van der Waals surface area contributed by atoms with Crippen LogP contribution in [0.15, 0.2) is 42.5 Å². The van der Waals surface area contributed by atoms with Crippen LogP contribution in [-0.4, -0.2) is 57.6 Å². The molecule has 0 aromatic heterocycles. The monoisotopic (exact) mass is 537 g/mol. The van der Waals surface area contributed by atoms with E-state index >= 15 is 0 Å². The molecule has 0 aliphatic carbocycles. The van der Waals surface area contributed by atoms with Crippen LogP contribution in [-0.2, 0) is 26.2 Å². The summed E-state index contributed by atoms with van der Waals surface area (Å²) in [7, 11) is -2.14. The van der Waals surface area contributed by atoms with Gasteiger partial charge in [0.1, 0.15) is 11.8 Å². The Balaban J connectivity index is 2.21. The molecule has 0 saturated carbocycles. The Morgan fingerprint density at radius 2 is 1.78 bits per heavy atom. The molecule has 10 heteroatoms. The number of aryl methyl sites for hydroxylation is 1. The van der Waals surface area contributed by atoms with Crippen molar-refractivity contribution in [1.29, 1.82) is 0 Å². The van der Waals surface area contributed by atoms with Crippen LogP contribution in [0.5, 0.6) is 5.75 Å². The van der Waals surface area contributed by atoms with Crippen molar-refractivity contribution in [3.8, 4) is 5.75 Å². The van der Waals surface area contributed by atoms with E-state index in [2.05, 4.69) is 5.32 Å². The number of likely N-dealkylation sites (N-methyl/N-ethyl adjacent to an activating group) is 1. The van der Waals surface area contributed by atoms with Crippen molar-refractivity contribution in [2.75, 3.05) is 30.8 Å². The van der Waals surface area contributed by atoms with Gasteiger partial charge in [0.15, 0.2) is 0 Å². The molecule has 1 atom stereocenters. The number of rotatable bonds is 13. The Labute approximate surface area is 219 Å². The molecule has 0 aliphatic heterocycles. The SMILES string of the molecule is CCNC(=O)C(CC)N(Cc1ccc(C)cc1)C(=O)CCCN(c1ccc(OC)c(Cl)c1)S(C)(=O)=O. The fraction of sp³-hybridized carbons (Fsp3) is 0.462. The Bertz CT molecular complexity index is 1140. The molecule has 0 fully saturated rings. The number of carbonyl (C=O) groups is 2. The van der Waals surface area contributed by atoms with Gasteiger partial charge in [-0.15, -0.1) is 0 Å². The van der Waals surface area contributed by atoms with Gasteiger partial charge in [0.2, 0.25) is 21.8 Å². The van der Waals surface area contributed by atoms with Gasteiger partial charge in [-0.05, 0) is 50.5 Å². The quantitative estimate of drug-likeness (QED) is 0.414. The number of amides is 2. The van der Waals surface area contributed by atoms with Crippen LogP contribution in [0.2, 0.25) is 5.02 Å². The number of ether oxygens (including phenoxy) is 1. The molecule has 0 spiro atoms. The average molecular weight is 538 g/mol. The molecule has 2 aromatic carbocycles. The predicted molar refractivity (Wildman–Crippen MR) is 144 cm³/mol. The zero-order chi connectivity index (χ0) is 26.9. The molecule has 0 heterocycles.